The Hall–Kier alpha value is -1.99. The molecule has 0 aliphatic rings. The van der Waals surface area contributed by atoms with E-state index in [1.807, 2.05) is 24.3 Å². The van der Waals surface area contributed by atoms with Gasteiger partial charge in [0.1, 0.15) is 5.92 Å². The number of hydrogen-bond acceptors (Lipinski definition) is 2. The lowest BCUT2D eigenvalue weighted by Gasteiger charge is -2.07. The van der Waals surface area contributed by atoms with Gasteiger partial charge in [0.2, 0.25) is 5.91 Å². The zero-order valence-electron chi connectivity index (χ0n) is 12.3. The van der Waals surface area contributed by atoms with Crippen LogP contribution in [0, 0.1) is 17.2 Å². The van der Waals surface area contributed by atoms with Crippen LogP contribution in [-0.4, -0.2) is 10.9 Å². The molecule has 4 nitrogen and oxygen atoms in total. The predicted octanol–water partition coefficient (Wildman–Crippen LogP) is 3.72. The van der Waals surface area contributed by atoms with Crippen molar-refractivity contribution in [3.05, 3.63) is 34.5 Å². The van der Waals surface area contributed by atoms with Gasteiger partial charge in [0.15, 0.2) is 0 Å². The first-order valence-corrected chi connectivity index (χ1v) is 7.28. The molecule has 2 aromatic rings. The maximum atomic E-state index is 11.6. The topological polar surface area (TPSA) is 68.7 Å². The van der Waals surface area contributed by atoms with Crippen LogP contribution in [0.25, 0.3) is 10.9 Å². The Labute approximate surface area is 129 Å². The van der Waals surface area contributed by atoms with Gasteiger partial charge in [0.05, 0.1) is 12.6 Å². The molecule has 2 N–H and O–H groups in total. The van der Waals surface area contributed by atoms with Crippen LogP contribution in [-0.2, 0) is 11.3 Å². The van der Waals surface area contributed by atoms with Crippen LogP contribution in [0.3, 0.4) is 0 Å². The first-order chi connectivity index (χ1) is 9.92. The van der Waals surface area contributed by atoms with Crippen molar-refractivity contribution in [1.82, 2.24) is 10.3 Å². The molecule has 5 heteroatoms. The van der Waals surface area contributed by atoms with Crippen LogP contribution >= 0.6 is 11.6 Å². The summed E-state index contributed by atoms with van der Waals surface area (Å²) in [7, 11) is 0. The standard InChI is InChI=1S/C16H18ClN3O/c1-9(2)13-6-15-11(5-14(13)17)4-12(20-15)8-19-16(21)10(3)7-18/h4-6,9-10,20H,8H2,1-3H3,(H,19,21). The third kappa shape index (κ3) is 3.37. The van der Waals surface area contributed by atoms with Crippen molar-refractivity contribution >= 4 is 28.4 Å². The molecule has 0 radical (unpaired) electrons. The molecule has 110 valence electrons. The van der Waals surface area contributed by atoms with E-state index >= 15 is 0 Å². The molecule has 1 aromatic heterocycles. The number of rotatable bonds is 4. The molecule has 0 fully saturated rings. The van der Waals surface area contributed by atoms with Crippen molar-refractivity contribution in [3.8, 4) is 6.07 Å². The number of nitrogens with one attached hydrogen (secondary N) is 2. The molecule has 0 aliphatic carbocycles. The summed E-state index contributed by atoms with van der Waals surface area (Å²) in [4.78, 5) is 14.9. The van der Waals surface area contributed by atoms with E-state index in [-0.39, 0.29) is 5.91 Å². The minimum atomic E-state index is -0.642. The van der Waals surface area contributed by atoms with Gasteiger partial charge < -0.3 is 10.3 Å². The van der Waals surface area contributed by atoms with Crippen molar-refractivity contribution in [1.29, 1.82) is 5.26 Å². The monoisotopic (exact) mass is 303 g/mol. The maximum Gasteiger partial charge on any atom is 0.237 e. The number of nitriles is 1. The molecule has 0 aliphatic heterocycles. The number of amides is 1. The summed E-state index contributed by atoms with van der Waals surface area (Å²) in [6.07, 6.45) is 0. The number of H-pyrrole nitrogens is 1. The quantitative estimate of drug-likeness (QED) is 0.903. The molecule has 1 unspecified atom stereocenters. The van der Waals surface area contributed by atoms with Crippen LogP contribution < -0.4 is 5.32 Å². The molecule has 0 saturated heterocycles. The number of carbonyl (C=O) groups is 1. The van der Waals surface area contributed by atoms with Gasteiger partial charge in [-0.3, -0.25) is 4.79 Å². The van der Waals surface area contributed by atoms with Crippen molar-refractivity contribution in [2.75, 3.05) is 0 Å². The summed E-state index contributed by atoms with van der Waals surface area (Å²) in [5.74, 6) is -0.557. The normalized spacial score (nSPS) is 12.4. The molecule has 1 atom stereocenters. The Morgan fingerprint density at radius 1 is 1.38 bits per heavy atom. The lowest BCUT2D eigenvalue weighted by molar-refractivity contribution is -0.123. The second-order valence-electron chi connectivity index (χ2n) is 5.48. The fourth-order valence-electron chi connectivity index (χ4n) is 2.16. The Balaban J connectivity index is 2.20. The van der Waals surface area contributed by atoms with Gasteiger partial charge >= 0.3 is 0 Å². The summed E-state index contributed by atoms with van der Waals surface area (Å²) in [6, 6.07) is 7.86. The van der Waals surface area contributed by atoms with Crippen LogP contribution in [0.2, 0.25) is 5.02 Å². The molecule has 1 aromatic carbocycles. The molecule has 0 bridgehead atoms. The van der Waals surface area contributed by atoms with E-state index in [9.17, 15) is 4.79 Å². The van der Waals surface area contributed by atoms with Gasteiger partial charge in [-0.25, -0.2) is 0 Å². The first kappa shape index (κ1) is 15.4. The SMILES string of the molecule is CC(C#N)C(=O)NCc1cc2cc(Cl)c(C(C)C)cc2[nH]1. The van der Waals surface area contributed by atoms with E-state index in [0.29, 0.717) is 12.5 Å². The lowest BCUT2D eigenvalue weighted by Crippen LogP contribution is -2.27. The molecule has 1 amide bonds. The first-order valence-electron chi connectivity index (χ1n) is 6.90. The van der Waals surface area contributed by atoms with Crippen molar-refractivity contribution < 1.29 is 4.79 Å². The second-order valence-corrected chi connectivity index (χ2v) is 5.89. The van der Waals surface area contributed by atoms with Gasteiger partial charge in [-0.15, -0.1) is 0 Å². The third-order valence-electron chi connectivity index (χ3n) is 3.46. The molecule has 0 saturated carbocycles. The number of benzene rings is 1. The van der Waals surface area contributed by atoms with Crippen LogP contribution in [0.4, 0.5) is 0 Å². The fourth-order valence-corrected chi connectivity index (χ4v) is 2.55. The minimum absolute atomic E-state index is 0.267. The number of carbonyl (C=O) groups excluding carboxylic acids is 1. The number of nitrogens with zero attached hydrogens (tertiary/aromatic N) is 1. The molecular formula is C16H18ClN3O. The van der Waals surface area contributed by atoms with E-state index < -0.39 is 5.92 Å². The van der Waals surface area contributed by atoms with Crippen LogP contribution in [0.15, 0.2) is 18.2 Å². The largest absolute Gasteiger partial charge is 0.357 e. The number of fused-ring (bicyclic) bond motifs is 1. The zero-order chi connectivity index (χ0) is 15.6. The van der Waals surface area contributed by atoms with Crippen LogP contribution in [0.1, 0.15) is 37.9 Å². The highest BCUT2D eigenvalue weighted by molar-refractivity contribution is 6.32. The predicted molar refractivity (Wildman–Crippen MR) is 84.0 cm³/mol. The third-order valence-corrected chi connectivity index (χ3v) is 3.78. The molecule has 0 spiro atoms. The van der Waals surface area contributed by atoms with E-state index in [4.69, 9.17) is 16.9 Å². The Morgan fingerprint density at radius 2 is 2.10 bits per heavy atom. The van der Waals surface area contributed by atoms with Crippen molar-refractivity contribution in [3.63, 3.8) is 0 Å². The average molecular weight is 304 g/mol. The number of halogens is 1. The van der Waals surface area contributed by atoms with Crippen LogP contribution in [0.5, 0.6) is 0 Å². The van der Waals surface area contributed by atoms with Crippen molar-refractivity contribution in [2.45, 2.75) is 33.2 Å². The van der Waals surface area contributed by atoms with E-state index in [0.717, 1.165) is 27.2 Å². The highest BCUT2D eigenvalue weighted by Gasteiger charge is 2.12. The lowest BCUT2D eigenvalue weighted by atomic mass is 10.0. The summed E-state index contributed by atoms with van der Waals surface area (Å²) < 4.78 is 0. The number of aromatic nitrogens is 1. The van der Waals surface area contributed by atoms with Gasteiger partial charge in [-0.05, 0) is 36.6 Å². The summed E-state index contributed by atoms with van der Waals surface area (Å²) in [6.45, 7) is 6.14. The smallest absolute Gasteiger partial charge is 0.237 e. The minimum Gasteiger partial charge on any atom is -0.357 e. The van der Waals surface area contributed by atoms with Gasteiger partial charge in [0, 0.05) is 21.6 Å². The fraction of sp³-hybridized carbons (Fsp3) is 0.375. The zero-order valence-corrected chi connectivity index (χ0v) is 13.1. The maximum absolute atomic E-state index is 11.6. The Morgan fingerprint density at radius 3 is 2.71 bits per heavy atom. The van der Waals surface area contributed by atoms with Gasteiger partial charge in [-0.1, -0.05) is 25.4 Å². The molecule has 1 heterocycles. The summed E-state index contributed by atoms with van der Waals surface area (Å²) >= 11 is 6.28. The van der Waals surface area contributed by atoms with E-state index in [2.05, 4.69) is 24.1 Å². The van der Waals surface area contributed by atoms with Gasteiger partial charge in [-0.2, -0.15) is 5.26 Å². The summed E-state index contributed by atoms with van der Waals surface area (Å²) in [5, 5.41) is 13.2. The highest BCUT2D eigenvalue weighted by atomic mass is 35.5. The molecular weight excluding hydrogens is 286 g/mol. The molecule has 21 heavy (non-hydrogen) atoms. The summed E-state index contributed by atoms with van der Waals surface area (Å²) in [5.41, 5.74) is 2.99. The average Bonchev–Trinajstić information content (AvgIpc) is 2.84. The van der Waals surface area contributed by atoms with E-state index in [1.54, 1.807) is 6.92 Å². The van der Waals surface area contributed by atoms with E-state index in [1.165, 1.54) is 0 Å². The Bertz CT molecular complexity index is 712. The Kier molecular flexibility index (Phi) is 4.54. The highest BCUT2D eigenvalue weighted by Crippen LogP contribution is 2.29. The molecule has 2 rings (SSSR count). The second kappa shape index (κ2) is 6.19. The number of hydrogen-bond donors (Lipinski definition) is 2. The van der Waals surface area contributed by atoms with Crippen molar-refractivity contribution in [2.24, 2.45) is 5.92 Å². The van der Waals surface area contributed by atoms with Gasteiger partial charge in [0.25, 0.3) is 0 Å². The number of aromatic amines is 1.